The average molecular weight is 562 g/mol. The molecule has 0 radical (unpaired) electrons. The molecule has 0 saturated heterocycles. The summed E-state index contributed by atoms with van der Waals surface area (Å²) < 4.78 is 0. The van der Waals surface area contributed by atoms with E-state index >= 15 is 0 Å². The zero-order chi connectivity index (χ0) is 29.7. The van der Waals surface area contributed by atoms with Gasteiger partial charge in [-0.3, -0.25) is 19.4 Å². The van der Waals surface area contributed by atoms with Gasteiger partial charge in [-0.2, -0.15) is 0 Å². The number of nitrogens with zero attached hydrogens (tertiary/aromatic N) is 3. The molecule has 0 aliphatic carbocycles. The van der Waals surface area contributed by atoms with Crippen molar-refractivity contribution in [3.63, 3.8) is 0 Å². The van der Waals surface area contributed by atoms with Crippen LogP contribution in [-0.2, 0) is 32.0 Å². The summed E-state index contributed by atoms with van der Waals surface area (Å²) in [6, 6.07) is -4.36. The Morgan fingerprint density at radius 2 is 1.55 bits per heavy atom. The van der Waals surface area contributed by atoms with E-state index in [1.807, 2.05) is 6.92 Å². The number of aliphatic imine (C=N–C) groups is 1. The molecule has 12 N–H and O–H groups in total. The van der Waals surface area contributed by atoms with Crippen molar-refractivity contribution in [2.24, 2.45) is 28.1 Å². The zero-order valence-corrected chi connectivity index (χ0v) is 22.6. The van der Waals surface area contributed by atoms with Gasteiger partial charge in [-0.1, -0.05) is 20.3 Å². The number of carbonyl (C=O) groups excluding carboxylic acids is 3. The topological polar surface area (TPSA) is 272 Å². The smallest absolute Gasteiger partial charge is 0.326 e. The molecule has 220 valence electrons. The Balaban J connectivity index is 2.15. The second-order valence-corrected chi connectivity index (χ2v) is 9.45. The summed E-state index contributed by atoms with van der Waals surface area (Å²) in [5.41, 5.74) is 17.9. The van der Waals surface area contributed by atoms with Gasteiger partial charge in [-0.25, -0.2) is 14.8 Å². The van der Waals surface area contributed by atoms with Gasteiger partial charge in [0.1, 0.15) is 18.1 Å². The zero-order valence-electron chi connectivity index (χ0n) is 22.6. The van der Waals surface area contributed by atoms with Crippen LogP contribution in [0, 0.1) is 5.92 Å². The second kappa shape index (κ2) is 15.8. The third-order valence-corrected chi connectivity index (χ3v) is 6.30. The van der Waals surface area contributed by atoms with Crippen LogP contribution in [-0.4, -0.2) is 85.4 Å². The van der Waals surface area contributed by atoms with Gasteiger partial charge >= 0.3 is 5.97 Å². The van der Waals surface area contributed by atoms with Crippen molar-refractivity contribution in [2.75, 3.05) is 6.54 Å². The SMILES string of the molecule is CCC(C)C(NC(=O)C(CCCN=C(N)N)NC(=O)C(N)Cc1cnc[nH]1)C(=O)NC(Cc1cnc[nH]1)C(=O)O. The van der Waals surface area contributed by atoms with Gasteiger partial charge < -0.3 is 48.2 Å². The Morgan fingerprint density at radius 1 is 0.950 bits per heavy atom. The van der Waals surface area contributed by atoms with Crippen molar-refractivity contribution >= 4 is 29.7 Å². The van der Waals surface area contributed by atoms with E-state index in [0.29, 0.717) is 24.2 Å². The largest absolute Gasteiger partial charge is 0.480 e. The van der Waals surface area contributed by atoms with Crippen LogP contribution in [0.3, 0.4) is 0 Å². The summed E-state index contributed by atoms with van der Waals surface area (Å²) in [6.07, 6.45) is 7.01. The van der Waals surface area contributed by atoms with E-state index in [0.717, 1.165) is 0 Å². The van der Waals surface area contributed by atoms with Crippen LogP contribution < -0.4 is 33.2 Å². The number of aromatic amines is 2. The number of guanidine groups is 1. The van der Waals surface area contributed by atoms with E-state index in [-0.39, 0.29) is 37.7 Å². The molecule has 0 saturated carbocycles. The van der Waals surface area contributed by atoms with E-state index < -0.39 is 47.9 Å². The fourth-order valence-corrected chi connectivity index (χ4v) is 3.81. The lowest BCUT2D eigenvalue weighted by atomic mass is 9.96. The molecule has 0 aromatic carbocycles. The first kappa shape index (κ1) is 31.7. The lowest BCUT2D eigenvalue weighted by Gasteiger charge is -2.28. The number of hydrogen-bond donors (Lipinski definition) is 9. The predicted octanol–water partition coefficient (Wildman–Crippen LogP) is -2.12. The number of H-pyrrole nitrogens is 2. The normalized spacial score (nSPS) is 14.7. The summed E-state index contributed by atoms with van der Waals surface area (Å²) in [7, 11) is 0. The molecule has 16 heteroatoms. The molecule has 2 aromatic rings. The van der Waals surface area contributed by atoms with E-state index in [9.17, 15) is 24.3 Å². The summed E-state index contributed by atoms with van der Waals surface area (Å²) in [4.78, 5) is 68.6. The van der Waals surface area contributed by atoms with Crippen LogP contribution in [0.5, 0.6) is 0 Å². The lowest BCUT2D eigenvalue weighted by molar-refractivity contribution is -0.142. The van der Waals surface area contributed by atoms with Gasteiger partial charge in [-0.15, -0.1) is 0 Å². The maximum absolute atomic E-state index is 13.4. The molecule has 0 spiro atoms. The summed E-state index contributed by atoms with van der Waals surface area (Å²) in [6.45, 7) is 3.80. The first-order chi connectivity index (χ1) is 19.0. The Labute approximate surface area is 231 Å². The minimum Gasteiger partial charge on any atom is -0.480 e. The summed E-state index contributed by atoms with van der Waals surface area (Å²) in [5.74, 6) is -3.59. The number of carbonyl (C=O) groups is 4. The van der Waals surface area contributed by atoms with Crippen LogP contribution in [0.2, 0.25) is 0 Å². The van der Waals surface area contributed by atoms with E-state index in [1.54, 1.807) is 13.1 Å². The molecule has 40 heavy (non-hydrogen) atoms. The number of aliphatic carboxylic acids is 1. The molecule has 2 rings (SSSR count). The maximum atomic E-state index is 13.4. The van der Waals surface area contributed by atoms with Gasteiger partial charge in [-0.05, 0) is 18.8 Å². The molecule has 0 aliphatic heterocycles. The van der Waals surface area contributed by atoms with E-state index in [2.05, 4.69) is 40.9 Å². The van der Waals surface area contributed by atoms with Crippen molar-refractivity contribution < 1.29 is 24.3 Å². The Morgan fingerprint density at radius 3 is 2.08 bits per heavy atom. The Bertz CT molecular complexity index is 1120. The minimum absolute atomic E-state index is 0.0278. The molecule has 5 unspecified atom stereocenters. The van der Waals surface area contributed by atoms with Crippen molar-refractivity contribution in [3.05, 3.63) is 36.4 Å². The van der Waals surface area contributed by atoms with Crippen LogP contribution in [0.15, 0.2) is 30.0 Å². The highest BCUT2D eigenvalue weighted by Gasteiger charge is 2.33. The van der Waals surface area contributed by atoms with Crippen LogP contribution >= 0.6 is 0 Å². The second-order valence-electron chi connectivity index (χ2n) is 9.45. The molecule has 3 amide bonds. The summed E-state index contributed by atoms with van der Waals surface area (Å²) >= 11 is 0. The molecule has 0 bridgehead atoms. The number of aromatic nitrogens is 4. The monoisotopic (exact) mass is 561 g/mol. The summed E-state index contributed by atoms with van der Waals surface area (Å²) in [5, 5.41) is 17.5. The molecule has 2 heterocycles. The van der Waals surface area contributed by atoms with Crippen LogP contribution in [0.1, 0.15) is 44.5 Å². The first-order valence-corrected chi connectivity index (χ1v) is 12.9. The number of rotatable bonds is 17. The quantitative estimate of drug-likeness (QED) is 0.0575. The van der Waals surface area contributed by atoms with Gasteiger partial charge in [0.25, 0.3) is 0 Å². The van der Waals surface area contributed by atoms with Gasteiger partial charge in [0, 0.05) is 43.2 Å². The minimum atomic E-state index is -1.26. The predicted molar refractivity (Wildman–Crippen MR) is 145 cm³/mol. The third kappa shape index (κ3) is 10.4. The van der Waals surface area contributed by atoms with Gasteiger partial charge in [0.05, 0.1) is 18.7 Å². The highest BCUT2D eigenvalue weighted by atomic mass is 16.4. The average Bonchev–Trinajstić information content (AvgIpc) is 3.62. The fraction of sp³-hybridized carbons (Fsp3) is 0.542. The fourth-order valence-electron chi connectivity index (χ4n) is 3.81. The Hall–Kier alpha value is -4.47. The van der Waals surface area contributed by atoms with Gasteiger partial charge in [0.15, 0.2) is 5.96 Å². The van der Waals surface area contributed by atoms with Crippen molar-refractivity contribution in [1.82, 2.24) is 35.9 Å². The highest BCUT2D eigenvalue weighted by molar-refractivity contribution is 5.94. The maximum Gasteiger partial charge on any atom is 0.326 e. The van der Waals surface area contributed by atoms with Crippen LogP contribution in [0.4, 0.5) is 0 Å². The third-order valence-electron chi connectivity index (χ3n) is 6.30. The molecule has 0 fully saturated rings. The molecular weight excluding hydrogens is 522 g/mol. The van der Waals surface area contributed by atoms with Crippen molar-refractivity contribution in [2.45, 2.75) is 70.1 Å². The van der Waals surface area contributed by atoms with E-state index in [1.165, 1.54) is 18.9 Å². The lowest BCUT2D eigenvalue weighted by Crippen LogP contribution is -2.59. The molecule has 2 aromatic heterocycles. The number of carboxylic acid groups (broad SMARTS) is 1. The van der Waals surface area contributed by atoms with Crippen molar-refractivity contribution in [3.8, 4) is 0 Å². The molecule has 5 atom stereocenters. The van der Waals surface area contributed by atoms with E-state index in [4.69, 9.17) is 17.2 Å². The van der Waals surface area contributed by atoms with Crippen LogP contribution in [0.25, 0.3) is 0 Å². The first-order valence-electron chi connectivity index (χ1n) is 12.9. The standard InChI is InChI=1S/C24H39N11O5/c1-3-13(2)19(22(38)34-18(23(39)40)8-15-10-29-12-32-15)35-21(37)17(5-4-6-30-24(26)27)33-20(36)16(25)7-14-9-28-11-31-14/h9-13,16-19H,3-8,25H2,1-2H3,(H,28,31)(H,29,32)(H,33,36)(H,34,38)(H,35,37)(H,39,40)(H4,26,27,30). The number of nitrogens with two attached hydrogens (primary N) is 3. The molecule has 16 nitrogen and oxygen atoms in total. The highest BCUT2D eigenvalue weighted by Crippen LogP contribution is 2.11. The number of nitrogens with one attached hydrogen (secondary N) is 5. The molecule has 0 aliphatic rings. The number of amides is 3. The van der Waals surface area contributed by atoms with Gasteiger partial charge in [0.2, 0.25) is 17.7 Å². The number of hydrogen-bond acceptors (Lipinski definition) is 8. The number of carboxylic acids is 1. The van der Waals surface area contributed by atoms with Crippen molar-refractivity contribution in [1.29, 1.82) is 0 Å². The molecular formula is C24H39N11O5. The Kier molecular flexibility index (Phi) is 12.6. The number of imidazole rings is 2.